The third-order valence-electron chi connectivity index (χ3n) is 14.0. The molecule has 0 radical (unpaired) electrons. The lowest BCUT2D eigenvalue weighted by Gasteiger charge is -2.50. The summed E-state index contributed by atoms with van der Waals surface area (Å²) < 4.78 is 29.5. The van der Waals surface area contributed by atoms with Gasteiger partial charge in [0.25, 0.3) is 5.91 Å². The Kier molecular flexibility index (Phi) is 13.3. The van der Waals surface area contributed by atoms with Gasteiger partial charge < -0.3 is 19.3 Å². The van der Waals surface area contributed by atoms with E-state index in [0.29, 0.717) is 36.5 Å². The molecule has 2 aromatic rings. The first-order chi connectivity index (χ1) is 26.8. The first-order valence-electron chi connectivity index (χ1n) is 21.6. The number of hydrogen-bond donors (Lipinski definition) is 1. The van der Waals surface area contributed by atoms with Crippen molar-refractivity contribution in [3.05, 3.63) is 70.3 Å². The van der Waals surface area contributed by atoms with E-state index in [4.69, 9.17) is 21.1 Å². The number of nitrogens with zero attached hydrogens (tertiary/aromatic N) is 3. The Morgan fingerprint density at radius 2 is 1.88 bits per heavy atom. The molecule has 2 bridgehead atoms. The van der Waals surface area contributed by atoms with Crippen molar-refractivity contribution in [2.75, 3.05) is 64.4 Å². The minimum Gasteiger partial charge on any atom is -0.490 e. The summed E-state index contributed by atoms with van der Waals surface area (Å²) in [7, 11) is 0.723. The predicted octanol–water partition coefficient (Wildman–Crippen LogP) is 8.43. The van der Waals surface area contributed by atoms with Crippen LogP contribution in [0.4, 0.5) is 5.69 Å². The highest BCUT2D eigenvalue weighted by molar-refractivity contribution is 7.84. The highest BCUT2D eigenvalue weighted by Gasteiger charge is 2.47. The monoisotopic (exact) mass is 806 g/mol. The van der Waals surface area contributed by atoms with Gasteiger partial charge >= 0.3 is 0 Å². The zero-order valence-electron chi connectivity index (χ0n) is 34.9. The summed E-state index contributed by atoms with van der Waals surface area (Å²) in [6.45, 7) is 18.9. The van der Waals surface area contributed by atoms with E-state index >= 15 is 0 Å². The van der Waals surface area contributed by atoms with Crippen LogP contribution in [0.5, 0.6) is 5.75 Å². The number of amides is 1. The molecule has 8 atom stereocenters. The summed E-state index contributed by atoms with van der Waals surface area (Å²) >= 11 is 6.46. The van der Waals surface area contributed by atoms with Gasteiger partial charge in [-0.2, -0.15) is 0 Å². The van der Waals surface area contributed by atoms with Crippen LogP contribution in [-0.2, 0) is 27.6 Å². The van der Waals surface area contributed by atoms with Crippen molar-refractivity contribution in [1.82, 2.24) is 14.5 Å². The molecule has 1 saturated carbocycles. The van der Waals surface area contributed by atoms with Gasteiger partial charge in [-0.15, -0.1) is 0 Å². The summed E-state index contributed by atoms with van der Waals surface area (Å²) in [5, 5.41) is 0.572. The summed E-state index contributed by atoms with van der Waals surface area (Å²) in [6.07, 6.45) is 15.0. The third kappa shape index (κ3) is 9.22. The summed E-state index contributed by atoms with van der Waals surface area (Å²) in [4.78, 5) is 21.1. The van der Waals surface area contributed by atoms with E-state index in [-0.39, 0.29) is 28.1 Å². The number of piperazine rings is 1. The molecule has 0 aromatic heterocycles. The van der Waals surface area contributed by atoms with E-state index in [0.717, 1.165) is 74.1 Å². The van der Waals surface area contributed by atoms with E-state index in [9.17, 15) is 9.00 Å². The SMILES string of the molecule is CC(C)CO[C@@]1(C)/C=C/CC(C)C(C)S(=O)NC(=O)c2ccc3c(c2)N(CC2CCC21)C[C@@]1(CCCc2cc(Cl)ccc21)CO3.CN1CCN2CCCCC2C1. The molecule has 4 aliphatic heterocycles. The van der Waals surface area contributed by atoms with Gasteiger partial charge in [-0.1, -0.05) is 57.0 Å². The lowest BCUT2D eigenvalue weighted by Crippen LogP contribution is -2.53. The summed E-state index contributed by atoms with van der Waals surface area (Å²) in [5.74, 6) is 1.84. The van der Waals surface area contributed by atoms with Crippen LogP contribution in [0.1, 0.15) is 107 Å². The number of piperidine rings is 1. The van der Waals surface area contributed by atoms with E-state index in [2.05, 4.69) is 78.4 Å². The zero-order chi connectivity index (χ0) is 39.6. The van der Waals surface area contributed by atoms with Gasteiger partial charge in [-0.05, 0) is 144 Å². The molecular weight excluding hydrogens is 740 g/mol. The quantitative estimate of drug-likeness (QED) is 0.313. The molecule has 8 rings (SSSR count). The number of carbonyl (C=O) groups is 1. The van der Waals surface area contributed by atoms with Crippen LogP contribution in [0.25, 0.3) is 0 Å². The first-order valence-corrected chi connectivity index (χ1v) is 23.2. The van der Waals surface area contributed by atoms with Crippen LogP contribution < -0.4 is 14.4 Å². The molecule has 8 nitrogen and oxygen atoms in total. The maximum absolute atomic E-state index is 13.5. The van der Waals surface area contributed by atoms with Gasteiger partial charge in [0, 0.05) is 54.8 Å². The van der Waals surface area contributed by atoms with E-state index in [1.54, 1.807) is 6.07 Å². The molecule has 6 unspecified atom stereocenters. The highest BCUT2D eigenvalue weighted by atomic mass is 35.5. The molecule has 1 N–H and O–H groups in total. The van der Waals surface area contributed by atoms with Crippen molar-refractivity contribution >= 4 is 34.2 Å². The second-order valence-electron chi connectivity index (χ2n) is 18.6. The number of hydrogen-bond acceptors (Lipinski definition) is 7. The largest absolute Gasteiger partial charge is 0.490 e. The molecule has 2 saturated heterocycles. The molecule has 10 heteroatoms. The topological polar surface area (TPSA) is 74.3 Å². The van der Waals surface area contributed by atoms with Gasteiger partial charge in [0.1, 0.15) is 16.7 Å². The van der Waals surface area contributed by atoms with Crippen molar-refractivity contribution in [2.45, 2.75) is 115 Å². The zero-order valence-corrected chi connectivity index (χ0v) is 36.4. The first kappa shape index (κ1) is 41.7. The van der Waals surface area contributed by atoms with Gasteiger partial charge in [0.05, 0.1) is 29.8 Å². The van der Waals surface area contributed by atoms with Crippen LogP contribution >= 0.6 is 11.6 Å². The summed E-state index contributed by atoms with van der Waals surface area (Å²) in [6, 6.07) is 12.9. The number of anilines is 1. The molecule has 3 fully saturated rings. The highest BCUT2D eigenvalue weighted by Crippen LogP contribution is 2.49. The Bertz CT molecular complexity index is 1760. The van der Waals surface area contributed by atoms with Gasteiger partial charge in [-0.25, -0.2) is 4.21 Å². The third-order valence-corrected chi connectivity index (χ3v) is 15.7. The number of likely N-dealkylation sites (N-methyl/N-ethyl adjacent to an activating group) is 1. The lowest BCUT2D eigenvalue weighted by molar-refractivity contribution is -0.0940. The maximum atomic E-state index is 13.5. The Balaban J connectivity index is 0.000000373. The predicted molar refractivity (Wildman–Crippen MR) is 230 cm³/mol. The van der Waals surface area contributed by atoms with Gasteiger partial charge in [-0.3, -0.25) is 14.4 Å². The van der Waals surface area contributed by atoms with Crippen molar-refractivity contribution in [1.29, 1.82) is 0 Å². The molecule has 6 aliphatic rings. The number of aryl methyl sites for hydroxylation is 1. The molecule has 308 valence electrons. The van der Waals surface area contributed by atoms with Gasteiger partial charge in [0.15, 0.2) is 0 Å². The fraction of sp³-hybridized carbons (Fsp3) is 0.674. The number of rotatable bonds is 3. The van der Waals surface area contributed by atoms with Crippen molar-refractivity contribution in [2.24, 2.45) is 23.7 Å². The van der Waals surface area contributed by atoms with Crippen LogP contribution in [0.2, 0.25) is 5.02 Å². The van der Waals surface area contributed by atoms with E-state index in [1.807, 2.05) is 25.1 Å². The minimum absolute atomic E-state index is 0.127. The van der Waals surface area contributed by atoms with Crippen LogP contribution in [0, 0.1) is 23.7 Å². The maximum Gasteiger partial charge on any atom is 0.263 e. The fourth-order valence-electron chi connectivity index (χ4n) is 10.2. The molecular formula is C46H67ClN4O4S. The molecule has 56 heavy (non-hydrogen) atoms. The average molecular weight is 808 g/mol. The van der Waals surface area contributed by atoms with E-state index in [1.165, 1.54) is 56.6 Å². The average Bonchev–Trinajstić information content (AvgIpc) is 3.31. The molecule has 4 heterocycles. The number of benzene rings is 2. The van der Waals surface area contributed by atoms with Crippen LogP contribution in [0.3, 0.4) is 0 Å². The minimum atomic E-state index is -1.52. The second-order valence-corrected chi connectivity index (χ2v) is 20.6. The fourth-order valence-corrected chi connectivity index (χ4v) is 11.4. The standard InChI is InChI=1S/C37H49ClN2O4S.C9H18N2/c1-24(2)21-44-36(5)16-6-8-25(3)26(4)45(42)39-35(41)28-11-15-34-33(19-28)40(20-29-10-13-31(29)36)22-37(23-43-34)17-7-9-27-18-30(38)12-14-32(27)37;1-10-6-7-11-5-3-2-4-9(11)8-10/h6,11-12,14-16,18-19,24-26,29,31H,7-10,13,17,20-23H2,1-5H3,(H,39,41);9H,2-8H2,1H3/b16-6+;/t25?,26?,29?,31?,36-,37-,45?;/m0./s1. The number of carbonyl (C=O) groups excluding carboxylic acids is 1. The smallest absolute Gasteiger partial charge is 0.263 e. The van der Waals surface area contributed by atoms with Crippen molar-refractivity contribution < 1.29 is 18.5 Å². The van der Waals surface area contributed by atoms with E-state index < -0.39 is 11.0 Å². The number of allylic oxidation sites excluding steroid dienone is 1. The number of fused-ring (bicyclic) bond motifs is 5. The molecule has 2 aliphatic carbocycles. The van der Waals surface area contributed by atoms with Crippen molar-refractivity contribution in [3.63, 3.8) is 0 Å². The molecule has 2 aromatic carbocycles. The Labute approximate surface area is 344 Å². The Hall–Kier alpha value is -2.43. The molecule has 1 spiro atoms. The Morgan fingerprint density at radius 3 is 2.66 bits per heavy atom. The Morgan fingerprint density at radius 1 is 1.04 bits per heavy atom. The summed E-state index contributed by atoms with van der Waals surface area (Å²) in [5.41, 5.74) is 3.50. The number of ether oxygens (including phenoxy) is 2. The van der Waals surface area contributed by atoms with Gasteiger partial charge in [0.2, 0.25) is 0 Å². The lowest BCUT2D eigenvalue weighted by atomic mass is 9.64. The van der Waals surface area contributed by atoms with Crippen molar-refractivity contribution in [3.8, 4) is 5.75 Å². The number of halogens is 1. The number of nitrogens with one attached hydrogen (secondary N) is 1. The second kappa shape index (κ2) is 17.8. The van der Waals surface area contributed by atoms with Crippen LogP contribution in [0.15, 0.2) is 48.6 Å². The molecule has 1 amide bonds. The normalized spacial score (nSPS) is 34.4. The van der Waals surface area contributed by atoms with Crippen LogP contribution in [-0.4, -0.2) is 96.3 Å².